The Kier molecular flexibility index (Phi) is 5.83. The highest BCUT2D eigenvalue weighted by Crippen LogP contribution is 2.32. The van der Waals surface area contributed by atoms with Gasteiger partial charge in [-0.3, -0.25) is 4.79 Å². The number of carbonyl (C=O) groups is 1. The summed E-state index contributed by atoms with van der Waals surface area (Å²) < 4.78 is 5.69. The fourth-order valence-corrected chi connectivity index (χ4v) is 4.20. The predicted molar refractivity (Wildman–Crippen MR) is 103 cm³/mol. The van der Waals surface area contributed by atoms with Gasteiger partial charge in [0.15, 0.2) is 0 Å². The van der Waals surface area contributed by atoms with E-state index in [1.54, 1.807) is 22.7 Å². The minimum absolute atomic E-state index is 0.0698. The maximum absolute atomic E-state index is 12.6. The average Bonchev–Trinajstić information content (AvgIpc) is 3.29. The van der Waals surface area contributed by atoms with E-state index in [9.17, 15) is 4.79 Å². The molecular formula is C20H20O2S2. The molecule has 0 aliphatic rings. The Balaban J connectivity index is 1.65. The third-order valence-electron chi connectivity index (χ3n) is 3.73. The first-order valence-corrected chi connectivity index (χ1v) is 9.89. The molecule has 4 heteroatoms. The Morgan fingerprint density at radius 2 is 1.83 bits per heavy atom. The first-order chi connectivity index (χ1) is 11.8. The van der Waals surface area contributed by atoms with Crippen LogP contribution < -0.4 is 4.74 Å². The molecule has 0 spiro atoms. The van der Waals surface area contributed by atoms with Crippen LogP contribution in [0.25, 0.3) is 9.75 Å². The Labute approximate surface area is 150 Å². The Hall–Kier alpha value is -1.91. The first-order valence-electron chi connectivity index (χ1n) is 8.19. The van der Waals surface area contributed by atoms with Gasteiger partial charge in [0.05, 0.1) is 11.5 Å². The van der Waals surface area contributed by atoms with Crippen molar-refractivity contribution in [3.05, 3.63) is 64.4 Å². The van der Waals surface area contributed by atoms with Crippen LogP contribution in [0.4, 0.5) is 0 Å². The van der Waals surface area contributed by atoms with Crippen LogP contribution in [0.1, 0.15) is 41.4 Å². The second-order valence-corrected chi connectivity index (χ2v) is 7.58. The summed E-state index contributed by atoms with van der Waals surface area (Å²) in [5.41, 5.74) is 0.704. The summed E-state index contributed by atoms with van der Waals surface area (Å²) in [5.74, 6) is 0.897. The van der Waals surface area contributed by atoms with Crippen molar-refractivity contribution in [3.8, 4) is 15.5 Å². The second kappa shape index (κ2) is 8.27. The van der Waals surface area contributed by atoms with Gasteiger partial charge in [-0.1, -0.05) is 25.8 Å². The minimum Gasteiger partial charge on any atom is -0.494 e. The molecule has 0 bridgehead atoms. The molecule has 1 aromatic carbocycles. The van der Waals surface area contributed by atoms with Crippen molar-refractivity contribution in [3.63, 3.8) is 0 Å². The Bertz CT molecular complexity index is 770. The van der Waals surface area contributed by atoms with Crippen LogP contribution in [0.5, 0.6) is 5.75 Å². The summed E-state index contributed by atoms with van der Waals surface area (Å²) in [4.78, 5) is 15.7. The fourth-order valence-electron chi connectivity index (χ4n) is 2.40. The van der Waals surface area contributed by atoms with Crippen molar-refractivity contribution in [2.45, 2.75) is 26.2 Å². The molecule has 0 saturated heterocycles. The Morgan fingerprint density at radius 3 is 2.54 bits per heavy atom. The number of hydrogen-bond donors (Lipinski definition) is 0. The molecule has 0 amide bonds. The predicted octanol–water partition coefficient (Wildman–Crippen LogP) is 6.28. The monoisotopic (exact) mass is 356 g/mol. The maximum atomic E-state index is 12.6. The number of hydrogen-bond acceptors (Lipinski definition) is 4. The third-order valence-corrected chi connectivity index (χ3v) is 5.88. The minimum atomic E-state index is 0.0698. The quantitative estimate of drug-likeness (QED) is 0.351. The normalized spacial score (nSPS) is 10.7. The average molecular weight is 357 g/mol. The molecule has 0 fully saturated rings. The molecule has 0 saturated carbocycles. The number of carbonyl (C=O) groups excluding carboxylic acids is 1. The van der Waals surface area contributed by atoms with E-state index in [1.165, 1.54) is 17.7 Å². The lowest BCUT2D eigenvalue weighted by molar-refractivity contribution is 0.104. The molecule has 0 unspecified atom stereocenters. The van der Waals surface area contributed by atoms with Gasteiger partial charge in [0.2, 0.25) is 5.78 Å². The van der Waals surface area contributed by atoms with Crippen molar-refractivity contribution < 1.29 is 9.53 Å². The Morgan fingerprint density at radius 1 is 1.00 bits per heavy atom. The zero-order chi connectivity index (χ0) is 16.8. The number of thiophene rings is 2. The molecule has 24 heavy (non-hydrogen) atoms. The second-order valence-electron chi connectivity index (χ2n) is 5.55. The topological polar surface area (TPSA) is 26.3 Å². The SMILES string of the molecule is CCCCCOc1ccc(C(=O)c2ccc(-c3cccs3)s2)cc1. The molecule has 124 valence electrons. The first kappa shape index (κ1) is 16.9. The van der Waals surface area contributed by atoms with Gasteiger partial charge in [-0.25, -0.2) is 0 Å². The van der Waals surface area contributed by atoms with E-state index in [0.717, 1.165) is 28.5 Å². The van der Waals surface area contributed by atoms with Gasteiger partial charge in [0.25, 0.3) is 0 Å². The van der Waals surface area contributed by atoms with Crippen molar-refractivity contribution >= 4 is 28.5 Å². The molecule has 2 nitrogen and oxygen atoms in total. The van der Waals surface area contributed by atoms with Gasteiger partial charge in [-0.05, 0) is 54.3 Å². The van der Waals surface area contributed by atoms with E-state index in [0.29, 0.717) is 5.56 Å². The molecular weight excluding hydrogens is 336 g/mol. The zero-order valence-corrected chi connectivity index (χ0v) is 15.3. The van der Waals surface area contributed by atoms with Crippen LogP contribution in [0.2, 0.25) is 0 Å². The van der Waals surface area contributed by atoms with Crippen LogP contribution in [-0.2, 0) is 0 Å². The number of unbranched alkanes of at least 4 members (excludes halogenated alkanes) is 2. The number of rotatable bonds is 8. The van der Waals surface area contributed by atoms with Crippen LogP contribution in [0, 0.1) is 0 Å². The summed E-state index contributed by atoms with van der Waals surface area (Å²) in [6, 6.07) is 15.5. The van der Waals surface area contributed by atoms with E-state index in [-0.39, 0.29) is 5.78 Å². The van der Waals surface area contributed by atoms with Gasteiger partial charge >= 0.3 is 0 Å². The molecule has 0 N–H and O–H groups in total. The molecule has 3 aromatic rings. The van der Waals surface area contributed by atoms with Crippen LogP contribution in [0.3, 0.4) is 0 Å². The molecule has 2 heterocycles. The molecule has 3 rings (SSSR count). The fraction of sp³-hybridized carbons (Fsp3) is 0.250. The summed E-state index contributed by atoms with van der Waals surface area (Å²) in [5, 5.41) is 2.05. The smallest absolute Gasteiger partial charge is 0.202 e. The van der Waals surface area contributed by atoms with Gasteiger partial charge in [-0.15, -0.1) is 22.7 Å². The van der Waals surface area contributed by atoms with E-state index in [1.807, 2.05) is 42.5 Å². The largest absolute Gasteiger partial charge is 0.494 e. The highest BCUT2D eigenvalue weighted by molar-refractivity contribution is 7.22. The molecule has 0 radical (unpaired) electrons. The lowest BCUT2D eigenvalue weighted by Gasteiger charge is -2.06. The van der Waals surface area contributed by atoms with Crippen molar-refractivity contribution in [2.75, 3.05) is 6.61 Å². The van der Waals surface area contributed by atoms with Crippen molar-refractivity contribution in [2.24, 2.45) is 0 Å². The maximum Gasteiger partial charge on any atom is 0.202 e. The van der Waals surface area contributed by atoms with E-state index >= 15 is 0 Å². The lowest BCUT2D eigenvalue weighted by Crippen LogP contribution is -2.00. The number of ether oxygens (including phenoxy) is 1. The lowest BCUT2D eigenvalue weighted by atomic mass is 10.1. The van der Waals surface area contributed by atoms with Gasteiger partial charge in [0, 0.05) is 15.3 Å². The molecule has 0 atom stereocenters. The van der Waals surface area contributed by atoms with Gasteiger partial charge in [-0.2, -0.15) is 0 Å². The molecule has 0 aliphatic heterocycles. The molecule has 0 aliphatic carbocycles. The van der Waals surface area contributed by atoms with E-state index < -0.39 is 0 Å². The van der Waals surface area contributed by atoms with Crippen LogP contribution in [0.15, 0.2) is 53.9 Å². The van der Waals surface area contributed by atoms with Crippen molar-refractivity contribution in [1.82, 2.24) is 0 Å². The third kappa shape index (κ3) is 4.13. The van der Waals surface area contributed by atoms with Gasteiger partial charge in [0.1, 0.15) is 5.75 Å². The molecule has 2 aromatic heterocycles. The zero-order valence-electron chi connectivity index (χ0n) is 13.7. The standard InChI is InChI=1S/C20H20O2S2/c1-2-3-4-13-22-16-9-7-15(8-10-16)20(21)19-12-11-18(24-19)17-6-5-14-23-17/h5-12,14H,2-4,13H2,1H3. The number of benzene rings is 1. The highest BCUT2D eigenvalue weighted by atomic mass is 32.1. The number of ketones is 1. The summed E-state index contributed by atoms with van der Waals surface area (Å²) >= 11 is 3.24. The summed E-state index contributed by atoms with van der Waals surface area (Å²) in [6.07, 6.45) is 3.43. The summed E-state index contributed by atoms with van der Waals surface area (Å²) in [6.45, 7) is 2.91. The summed E-state index contributed by atoms with van der Waals surface area (Å²) in [7, 11) is 0. The van der Waals surface area contributed by atoms with Crippen LogP contribution >= 0.6 is 22.7 Å². The van der Waals surface area contributed by atoms with Crippen molar-refractivity contribution in [1.29, 1.82) is 0 Å². The van der Waals surface area contributed by atoms with E-state index in [4.69, 9.17) is 4.74 Å². The highest BCUT2D eigenvalue weighted by Gasteiger charge is 2.13. The van der Waals surface area contributed by atoms with Crippen LogP contribution in [-0.4, -0.2) is 12.4 Å². The van der Waals surface area contributed by atoms with Gasteiger partial charge < -0.3 is 4.74 Å². The van der Waals surface area contributed by atoms with E-state index in [2.05, 4.69) is 18.4 Å².